The van der Waals surface area contributed by atoms with Crippen molar-refractivity contribution in [1.82, 2.24) is 4.31 Å². The van der Waals surface area contributed by atoms with Crippen molar-refractivity contribution in [2.75, 3.05) is 19.9 Å². The molecule has 0 aliphatic rings. The van der Waals surface area contributed by atoms with Gasteiger partial charge in [0.2, 0.25) is 10.0 Å². The van der Waals surface area contributed by atoms with Gasteiger partial charge in [-0.3, -0.25) is 0 Å². The number of nitrogens with zero attached hydrogens (tertiary/aromatic N) is 1. The molecule has 0 saturated carbocycles. The van der Waals surface area contributed by atoms with E-state index in [0.717, 1.165) is 0 Å². The zero-order chi connectivity index (χ0) is 13.1. The molecule has 0 atom stereocenters. The van der Waals surface area contributed by atoms with Gasteiger partial charge >= 0.3 is 0 Å². The molecule has 1 aromatic rings. The van der Waals surface area contributed by atoms with E-state index in [0.29, 0.717) is 5.56 Å². The van der Waals surface area contributed by atoms with Crippen LogP contribution in [-0.2, 0) is 16.6 Å². The molecule has 0 heterocycles. The van der Waals surface area contributed by atoms with Crippen molar-refractivity contribution in [2.24, 2.45) is 0 Å². The van der Waals surface area contributed by atoms with Gasteiger partial charge in [0.15, 0.2) is 11.6 Å². The Labute approximate surface area is 101 Å². The Morgan fingerprint density at radius 3 is 2.53 bits per heavy atom. The van der Waals surface area contributed by atoms with Crippen LogP contribution in [0.3, 0.4) is 0 Å². The van der Waals surface area contributed by atoms with Gasteiger partial charge in [-0.1, -0.05) is 6.07 Å². The molecular weight excluding hydrogens is 245 g/mol. The van der Waals surface area contributed by atoms with Crippen LogP contribution in [0, 0.1) is 5.82 Å². The Kier molecular flexibility index (Phi) is 4.47. The monoisotopic (exact) mass is 261 g/mol. The van der Waals surface area contributed by atoms with Gasteiger partial charge in [-0.05, 0) is 24.6 Å². The lowest BCUT2D eigenvalue weighted by molar-refractivity contribution is 0.385. The van der Waals surface area contributed by atoms with Crippen LogP contribution >= 0.6 is 0 Å². The van der Waals surface area contributed by atoms with Crippen LogP contribution < -0.4 is 4.74 Å². The molecule has 0 aliphatic heterocycles. The first kappa shape index (κ1) is 13.9. The number of ether oxygens (including phenoxy) is 1. The number of hydrogen-bond donors (Lipinski definition) is 0. The van der Waals surface area contributed by atoms with Crippen molar-refractivity contribution in [3.05, 3.63) is 29.6 Å². The van der Waals surface area contributed by atoms with Gasteiger partial charge in [0.25, 0.3) is 0 Å². The summed E-state index contributed by atoms with van der Waals surface area (Å²) in [4.78, 5) is 0. The zero-order valence-corrected chi connectivity index (χ0v) is 10.9. The normalized spacial score (nSPS) is 11.8. The molecule has 0 radical (unpaired) electrons. The third kappa shape index (κ3) is 3.41. The van der Waals surface area contributed by atoms with E-state index >= 15 is 0 Å². The molecule has 0 aromatic heterocycles. The molecule has 4 nitrogen and oxygen atoms in total. The predicted octanol–water partition coefficient (Wildman–Crippen LogP) is 1.62. The summed E-state index contributed by atoms with van der Waals surface area (Å²) in [6.45, 7) is 1.72. The van der Waals surface area contributed by atoms with Gasteiger partial charge in [-0.15, -0.1) is 0 Å². The summed E-state index contributed by atoms with van der Waals surface area (Å²) in [7, 11) is -0.391. The predicted molar refractivity (Wildman–Crippen MR) is 63.9 cm³/mol. The molecule has 0 amide bonds. The standard InChI is InChI=1S/C11H16FNO3S/c1-4-17(14,15)13(2)8-9-5-6-11(16-3)10(12)7-9/h5-7H,4,8H2,1-3H3. The fraction of sp³-hybridized carbons (Fsp3) is 0.455. The minimum Gasteiger partial charge on any atom is -0.494 e. The lowest BCUT2D eigenvalue weighted by atomic mass is 10.2. The summed E-state index contributed by atoms with van der Waals surface area (Å²) in [6, 6.07) is 4.40. The van der Waals surface area contributed by atoms with Crippen molar-refractivity contribution in [2.45, 2.75) is 13.5 Å². The minimum absolute atomic E-state index is 0.0299. The maximum Gasteiger partial charge on any atom is 0.213 e. The first-order valence-corrected chi connectivity index (χ1v) is 6.78. The lowest BCUT2D eigenvalue weighted by Crippen LogP contribution is -2.27. The average Bonchev–Trinajstić information content (AvgIpc) is 2.29. The lowest BCUT2D eigenvalue weighted by Gasteiger charge is -2.16. The van der Waals surface area contributed by atoms with Crippen LogP contribution in [0.1, 0.15) is 12.5 Å². The van der Waals surface area contributed by atoms with Crippen LogP contribution in [-0.4, -0.2) is 32.6 Å². The van der Waals surface area contributed by atoms with Crippen LogP contribution in [0.15, 0.2) is 18.2 Å². The Morgan fingerprint density at radius 1 is 1.41 bits per heavy atom. The van der Waals surface area contributed by atoms with Gasteiger partial charge < -0.3 is 4.74 Å². The fourth-order valence-corrected chi connectivity index (χ4v) is 2.17. The molecule has 1 aromatic carbocycles. The highest BCUT2D eigenvalue weighted by molar-refractivity contribution is 7.89. The molecule has 0 unspecified atom stereocenters. The van der Waals surface area contributed by atoms with Crippen molar-refractivity contribution < 1.29 is 17.5 Å². The summed E-state index contributed by atoms with van der Waals surface area (Å²) >= 11 is 0. The number of methoxy groups -OCH3 is 1. The van der Waals surface area contributed by atoms with E-state index in [1.165, 1.54) is 30.6 Å². The number of rotatable bonds is 5. The largest absolute Gasteiger partial charge is 0.494 e. The molecular formula is C11H16FNO3S. The van der Waals surface area contributed by atoms with Gasteiger partial charge in [0.05, 0.1) is 12.9 Å². The Balaban J connectivity index is 2.86. The SMILES string of the molecule is CCS(=O)(=O)N(C)Cc1ccc(OC)c(F)c1. The summed E-state index contributed by atoms with van der Waals surface area (Å²) in [5.41, 5.74) is 0.586. The van der Waals surface area contributed by atoms with E-state index in [1.54, 1.807) is 13.0 Å². The second-order valence-electron chi connectivity index (χ2n) is 3.63. The van der Waals surface area contributed by atoms with Gasteiger partial charge in [0, 0.05) is 13.6 Å². The summed E-state index contributed by atoms with van der Waals surface area (Å²) in [5, 5.41) is 0. The van der Waals surface area contributed by atoms with Crippen molar-refractivity contribution in [3.8, 4) is 5.75 Å². The van der Waals surface area contributed by atoms with Crippen LogP contribution in [0.4, 0.5) is 4.39 Å². The first-order chi connectivity index (χ1) is 7.90. The quantitative estimate of drug-likeness (QED) is 0.809. The van der Waals surface area contributed by atoms with Crippen LogP contribution in [0.5, 0.6) is 5.75 Å². The van der Waals surface area contributed by atoms with Crippen molar-refractivity contribution in [3.63, 3.8) is 0 Å². The number of hydrogen-bond acceptors (Lipinski definition) is 3. The third-order valence-corrected chi connectivity index (χ3v) is 4.27. The minimum atomic E-state index is -3.25. The van der Waals surface area contributed by atoms with Crippen molar-refractivity contribution >= 4 is 10.0 Å². The molecule has 0 N–H and O–H groups in total. The zero-order valence-electron chi connectivity index (χ0n) is 10.1. The number of halogens is 1. The smallest absolute Gasteiger partial charge is 0.213 e. The molecule has 0 spiro atoms. The summed E-state index contributed by atoms with van der Waals surface area (Å²) in [6.07, 6.45) is 0. The van der Waals surface area contributed by atoms with Crippen LogP contribution in [0.2, 0.25) is 0 Å². The van der Waals surface area contributed by atoms with E-state index in [2.05, 4.69) is 0 Å². The summed E-state index contributed by atoms with van der Waals surface area (Å²) in [5.74, 6) is -0.315. The van der Waals surface area contributed by atoms with Gasteiger partial charge in [-0.25, -0.2) is 17.1 Å². The molecule has 96 valence electrons. The second kappa shape index (κ2) is 5.46. The molecule has 6 heteroatoms. The van der Waals surface area contributed by atoms with Crippen molar-refractivity contribution in [1.29, 1.82) is 0 Å². The van der Waals surface area contributed by atoms with E-state index in [1.807, 2.05) is 0 Å². The maximum absolute atomic E-state index is 13.4. The molecule has 17 heavy (non-hydrogen) atoms. The Hall–Kier alpha value is -1.14. The van der Waals surface area contributed by atoms with E-state index < -0.39 is 15.8 Å². The molecule has 1 rings (SSSR count). The van der Waals surface area contributed by atoms with E-state index in [9.17, 15) is 12.8 Å². The number of benzene rings is 1. The van der Waals surface area contributed by atoms with E-state index in [-0.39, 0.29) is 18.0 Å². The summed E-state index contributed by atoms with van der Waals surface area (Å²) < 4.78 is 42.4. The number of sulfonamides is 1. The molecule has 0 fully saturated rings. The maximum atomic E-state index is 13.4. The molecule has 0 bridgehead atoms. The molecule has 0 saturated heterocycles. The highest BCUT2D eigenvalue weighted by Gasteiger charge is 2.15. The highest BCUT2D eigenvalue weighted by atomic mass is 32.2. The second-order valence-corrected chi connectivity index (χ2v) is 5.99. The van der Waals surface area contributed by atoms with E-state index in [4.69, 9.17) is 4.74 Å². The van der Waals surface area contributed by atoms with Gasteiger partial charge in [-0.2, -0.15) is 0 Å². The Morgan fingerprint density at radius 2 is 2.06 bits per heavy atom. The van der Waals surface area contributed by atoms with Crippen LogP contribution in [0.25, 0.3) is 0 Å². The topological polar surface area (TPSA) is 46.6 Å². The average molecular weight is 261 g/mol. The molecule has 0 aliphatic carbocycles. The third-order valence-electron chi connectivity index (χ3n) is 2.46. The first-order valence-electron chi connectivity index (χ1n) is 5.17. The highest BCUT2D eigenvalue weighted by Crippen LogP contribution is 2.19. The Bertz CT molecular complexity index is 487. The van der Waals surface area contributed by atoms with Gasteiger partial charge in [0.1, 0.15) is 0 Å². The fourth-order valence-electron chi connectivity index (χ4n) is 1.38.